The van der Waals surface area contributed by atoms with Crippen molar-refractivity contribution in [3.05, 3.63) is 0 Å². The highest BCUT2D eigenvalue weighted by Gasteiger charge is 2.27. The Morgan fingerprint density at radius 2 is 1.83 bits per heavy atom. The minimum Gasteiger partial charge on any atom is -0.550 e. The predicted octanol–water partition coefficient (Wildman–Crippen LogP) is -2.79. The van der Waals surface area contributed by atoms with E-state index in [0.717, 1.165) is 4.90 Å². The van der Waals surface area contributed by atoms with E-state index in [2.05, 4.69) is 4.52 Å². The highest BCUT2D eigenvalue weighted by Crippen LogP contribution is 2.38. The van der Waals surface area contributed by atoms with E-state index in [1.165, 1.54) is 7.05 Å². The molecule has 0 rings (SSSR count). The molecule has 1 atom stereocenters. The van der Waals surface area contributed by atoms with Crippen LogP contribution in [-0.2, 0) is 18.7 Å². The van der Waals surface area contributed by atoms with Crippen molar-refractivity contribution in [2.45, 2.75) is 12.5 Å². The van der Waals surface area contributed by atoms with Crippen LogP contribution in [0.15, 0.2) is 0 Å². The van der Waals surface area contributed by atoms with Gasteiger partial charge in [0.1, 0.15) is 19.2 Å². The number of carbonyl (C=O) groups excluding carboxylic acids is 1. The summed E-state index contributed by atoms with van der Waals surface area (Å²) in [5, 5.41) is 25.2. The molecule has 0 aliphatic heterocycles. The molecule has 0 fully saturated rings. The van der Waals surface area contributed by atoms with Crippen LogP contribution < -0.4 is 10.8 Å². The van der Waals surface area contributed by atoms with Gasteiger partial charge in [-0.1, -0.05) is 0 Å². The summed E-state index contributed by atoms with van der Waals surface area (Å²) in [6.07, 6.45) is -1.60. The van der Waals surface area contributed by atoms with Gasteiger partial charge in [-0.2, -0.15) is 0 Å². The van der Waals surface area contributed by atoms with Crippen LogP contribution in [0.1, 0.15) is 6.42 Å². The molecule has 24 heavy (non-hydrogen) atoms. The van der Waals surface area contributed by atoms with Crippen LogP contribution in [-0.4, -0.2) is 89.6 Å². The molecule has 1 unspecified atom stereocenters. The predicted molar refractivity (Wildman–Crippen MR) is 81.6 cm³/mol. The lowest BCUT2D eigenvalue weighted by Gasteiger charge is -2.29. The number of nitrogens with one attached hydrogen (secondary N) is 1. The highest BCUT2D eigenvalue weighted by atomic mass is 31.2. The first kappa shape index (κ1) is 24.5. The number of aliphatic carboxylic acids is 2. The number of phosphoric acid groups is 1. The topological polar surface area (TPSA) is 197 Å². The number of nitrogens with two attached hydrogens (primary N) is 1. The third-order valence-corrected chi connectivity index (χ3v) is 2.79. The molecule has 0 aromatic carbocycles. The molecule has 13 heteroatoms. The molecule has 0 saturated carbocycles. The summed E-state index contributed by atoms with van der Waals surface area (Å²) in [4.78, 5) is 38.5. The van der Waals surface area contributed by atoms with Crippen LogP contribution in [0.3, 0.4) is 0 Å². The molecule has 0 spiro atoms. The summed E-state index contributed by atoms with van der Waals surface area (Å²) in [6.45, 7) is -0.0611. The van der Waals surface area contributed by atoms with E-state index >= 15 is 0 Å². The van der Waals surface area contributed by atoms with Gasteiger partial charge < -0.3 is 39.9 Å². The number of nitrogens with zero attached hydrogens (tertiary/aromatic N) is 2. The fourth-order valence-corrected chi connectivity index (χ4v) is 1.94. The van der Waals surface area contributed by atoms with Crippen LogP contribution in [0.25, 0.3) is 0 Å². The van der Waals surface area contributed by atoms with Crippen LogP contribution in [0.2, 0.25) is 0 Å². The number of phosphoric ester groups is 1. The Morgan fingerprint density at radius 3 is 2.04 bits per heavy atom. The number of rotatable bonds is 8. The fourth-order valence-electron chi connectivity index (χ4n) is 1.41. The Bertz CT molecular complexity index is 487. The number of likely N-dealkylation sites (N-methyl/N-ethyl adjacent to an activating group) is 2. The summed E-state index contributed by atoms with van der Waals surface area (Å²) >= 11 is 0. The maximum absolute atomic E-state index is 10.6. The van der Waals surface area contributed by atoms with Gasteiger partial charge in [0, 0.05) is 19.4 Å². The molecule has 142 valence electrons. The van der Waals surface area contributed by atoms with Gasteiger partial charge in [-0.3, -0.25) is 14.7 Å². The van der Waals surface area contributed by atoms with Crippen LogP contribution >= 0.6 is 7.82 Å². The third-order valence-electron chi connectivity index (χ3n) is 2.22. The monoisotopic (exact) mass is 372 g/mol. The summed E-state index contributed by atoms with van der Waals surface area (Å²) in [5.41, 5.74) is 4.93. The molecule has 0 heterocycles. The van der Waals surface area contributed by atoms with E-state index in [-0.39, 0.29) is 19.0 Å². The molecule has 6 N–H and O–H groups in total. The zero-order chi connectivity index (χ0) is 19.7. The average Bonchev–Trinajstić information content (AvgIpc) is 2.22. The molecule has 0 aliphatic rings. The van der Waals surface area contributed by atoms with Crippen molar-refractivity contribution in [2.24, 2.45) is 5.73 Å². The van der Waals surface area contributed by atoms with Crippen molar-refractivity contribution in [1.29, 1.82) is 5.41 Å². The van der Waals surface area contributed by atoms with Gasteiger partial charge in [0.15, 0.2) is 5.96 Å². The molecule has 0 aromatic rings. The summed E-state index contributed by atoms with van der Waals surface area (Å²) < 4.78 is 15.2. The summed E-state index contributed by atoms with van der Waals surface area (Å²) in [6, 6.07) is 0. The quantitative estimate of drug-likeness (QED) is 0.128. The lowest BCUT2D eigenvalue weighted by atomic mass is 10.2. The highest BCUT2D eigenvalue weighted by molar-refractivity contribution is 7.46. The number of quaternary nitrogens is 1. The van der Waals surface area contributed by atoms with Crippen molar-refractivity contribution in [3.8, 4) is 0 Å². The number of carboxylic acids is 2. The Balaban J connectivity index is 0. The Morgan fingerprint density at radius 1 is 1.38 bits per heavy atom. The van der Waals surface area contributed by atoms with Crippen molar-refractivity contribution < 1.29 is 43.2 Å². The number of carbonyl (C=O) groups is 2. The number of hydrogen-bond acceptors (Lipinski definition) is 6. The number of hydrogen-bond donors (Lipinski definition) is 5. The second-order valence-corrected chi connectivity index (χ2v) is 7.09. The van der Waals surface area contributed by atoms with Crippen molar-refractivity contribution in [2.75, 3.05) is 41.3 Å². The summed E-state index contributed by atoms with van der Waals surface area (Å²) in [5.74, 6) is -2.63. The first-order chi connectivity index (χ1) is 10.5. The molecule has 0 radical (unpaired) electrons. The second kappa shape index (κ2) is 10.2. The van der Waals surface area contributed by atoms with Crippen molar-refractivity contribution in [3.63, 3.8) is 0 Å². The van der Waals surface area contributed by atoms with E-state index in [0.29, 0.717) is 4.48 Å². The van der Waals surface area contributed by atoms with Crippen LogP contribution in [0, 0.1) is 5.41 Å². The minimum absolute atomic E-state index is 0.166. The lowest BCUT2D eigenvalue weighted by Crippen LogP contribution is -2.44. The first-order valence-corrected chi connectivity index (χ1v) is 8.07. The molecule has 12 nitrogen and oxygen atoms in total. The maximum atomic E-state index is 10.6. The number of carboxylic acid groups (broad SMARTS) is 2. The molecule has 0 aliphatic carbocycles. The Labute approximate surface area is 139 Å². The second-order valence-electron chi connectivity index (χ2n) is 5.90. The molecule has 0 aromatic heterocycles. The lowest BCUT2D eigenvalue weighted by molar-refractivity contribution is -0.873. The van der Waals surface area contributed by atoms with Gasteiger partial charge in [-0.15, -0.1) is 0 Å². The smallest absolute Gasteiger partial charge is 0.470 e. The van der Waals surface area contributed by atoms with E-state index < -0.39 is 32.3 Å². The summed E-state index contributed by atoms with van der Waals surface area (Å²) in [7, 11) is 2.04. The molecule has 0 bridgehead atoms. The molecular weight excluding hydrogens is 347 g/mol. The van der Waals surface area contributed by atoms with Gasteiger partial charge in [-0.05, 0) is 0 Å². The molecular formula is C11H25N4O8P. The normalized spacial score (nSPS) is 12.6. The Hall–Kier alpha value is -1.72. The van der Waals surface area contributed by atoms with Crippen LogP contribution in [0.4, 0.5) is 0 Å². The fraction of sp³-hybridized carbons (Fsp3) is 0.727. The number of guanidine groups is 1. The van der Waals surface area contributed by atoms with Crippen molar-refractivity contribution in [1.82, 2.24) is 4.90 Å². The maximum Gasteiger partial charge on any atom is 0.470 e. The SMILES string of the molecule is CN(CC(=O)O)C(=N)N.C[N+](C)(C)CC(CC(=O)[O-])OP(=O)(O)O. The zero-order valence-corrected chi connectivity index (χ0v) is 14.9. The standard InChI is InChI=1S/C7H16NO6P.C4H9N3O2/c1-8(2,3)5-6(4-7(9)10)14-15(11,12)13;1-7(4(5)6)2-3(8)9/h6H,4-5H2,1-3H3,(H2-,9,10,11,12,13);2H2,1H3,(H3,5,6)(H,8,9). The van der Waals surface area contributed by atoms with E-state index in [4.69, 9.17) is 26.0 Å². The Kier molecular flexibility index (Phi) is 10.4. The minimum atomic E-state index is -4.67. The van der Waals surface area contributed by atoms with E-state index in [9.17, 15) is 19.3 Å². The van der Waals surface area contributed by atoms with Gasteiger partial charge in [0.05, 0.1) is 21.1 Å². The largest absolute Gasteiger partial charge is 0.550 e. The molecule has 0 saturated heterocycles. The van der Waals surface area contributed by atoms with Crippen molar-refractivity contribution >= 4 is 25.7 Å². The zero-order valence-electron chi connectivity index (χ0n) is 14.0. The first-order valence-electron chi connectivity index (χ1n) is 6.54. The van der Waals surface area contributed by atoms with Gasteiger partial charge >= 0.3 is 13.8 Å². The van der Waals surface area contributed by atoms with E-state index in [1.54, 1.807) is 21.1 Å². The molecule has 0 amide bonds. The average molecular weight is 372 g/mol. The third kappa shape index (κ3) is 18.3. The van der Waals surface area contributed by atoms with Gasteiger partial charge in [0.25, 0.3) is 0 Å². The van der Waals surface area contributed by atoms with Crippen LogP contribution in [0.5, 0.6) is 0 Å². The van der Waals surface area contributed by atoms with E-state index in [1.807, 2.05) is 0 Å². The van der Waals surface area contributed by atoms with Gasteiger partial charge in [-0.25, -0.2) is 4.57 Å². The van der Waals surface area contributed by atoms with Gasteiger partial charge in [0.2, 0.25) is 0 Å².